The number of rotatable bonds is 9. The minimum atomic E-state index is -0.609. The number of aliphatic hydroxyl groups is 1. The van der Waals surface area contributed by atoms with Crippen molar-refractivity contribution in [3.8, 4) is 0 Å². The number of aromatic nitrogens is 1. The van der Waals surface area contributed by atoms with Crippen molar-refractivity contribution in [2.75, 3.05) is 19.8 Å². The van der Waals surface area contributed by atoms with Gasteiger partial charge in [0.1, 0.15) is 0 Å². The molecular weight excluding hydrogens is 408 g/mol. The first-order valence-electron chi connectivity index (χ1n) is 11.5. The smallest absolute Gasteiger partial charge is 0.286 e. The van der Waals surface area contributed by atoms with Gasteiger partial charge in [0.05, 0.1) is 5.52 Å². The van der Waals surface area contributed by atoms with E-state index in [1.165, 1.54) is 0 Å². The van der Waals surface area contributed by atoms with E-state index in [9.17, 15) is 14.7 Å². The summed E-state index contributed by atoms with van der Waals surface area (Å²) in [4.78, 5) is 25.2. The lowest BCUT2D eigenvalue weighted by Gasteiger charge is -2.36. The highest BCUT2D eigenvalue weighted by Gasteiger charge is 2.39. The summed E-state index contributed by atoms with van der Waals surface area (Å²) in [5.74, 6) is 0.218. The number of aliphatic hydroxyl groups excluding tert-OH is 1. The van der Waals surface area contributed by atoms with E-state index in [-0.39, 0.29) is 36.0 Å². The summed E-state index contributed by atoms with van der Waals surface area (Å²) < 4.78 is 13.6. The van der Waals surface area contributed by atoms with E-state index in [1.54, 1.807) is 11.5 Å². The summed E-state index contributed by atoms with van der Waals surface area (Å²) in [6.45, 7) is 4.60. The minimum Gasteiger partial charge on any atom is -0.459 e. The summed E-state index contributed by atoms with van der Waals surface area (Å²) in [6, 6.07) is 7.79. The fraction of sp³-hybridized carbons (Fsp3) is 0.520. The number of carbonyl (C=O) groups excluding carboxylic acids is 2. The van der Waals surface area contributed by atoms with Crippen molar-refractivity contribution < 1.29 is 24.2 Å². The fourth-order valence-electron chi connectivity index (χ4n) is 4.50. The SMILES string of the molecule is CCO[C@H]1OC(C(=O)NCC2CC2)=C[C@@H](c2cn(C(C)=O)c3ccccc23)[C@@H]1CCCO. The van der Waals surface area contributed by atoms with E-state index in [4.69, 9.17) is 9.47 Å². The van der Waals surface area contributed by atoms with Crippen LogP contribution in [0.4, 0.5) is 0 Å². The Bertz CT molecular complexity index is 1010. The topological polar surface area (TPSA) is 89.8 Å². The number of nitrogens with zero attached hydrogens (tertiary/aromatic N) is 1. The monoisotopic (exact) mass is 440 g/mol. The molecule has 2 aromatic rings. The molecule has 2 N–H and O–H groups in total. The molecule has 0 spiro atoms. The number of para-hydroxylation sites is 1. The molecule has 2 aliphatic rings. The molecule has 0 saturated heterocycles. The number of benzene rings is 1. The number of hydrogen-bond acceptors (Lipinski definition) is 5. The van der Waals surface area contributed by atoms with E-state index in [0.29, 0.717) is 31.9 Å². The molecule has 1 aromatic heterocycles. The average Bonchev–Trinajstić information content (AvgIpc) is 3.54. The van der Waals surface area contributed by atoms with Crippen LogP contribution in [0.1, 0.15) is 55.8 Å². The highest BCUT2D eigenvalue weighted by Crippen LogP contribution is 2.42. The molecule has 172 valence electrons. The first-order valence-corrected chi connectivity index (χ1v) is 11.5. The van der Waals surface area contributed by atoms with Gasteiger partial charge in [-0.1, -0.05) is 18.2 Å². The second-order valence-corrected chi connectivity index (χ2v) is 8.67. The Labute approximate surface area is 188 Å². The molecule has 2 heterocycles. The standard InChI is InChI=1S/C25H32N2O5/c1-3-31-25-19(8-6-12-28)20(13-23(32-25)24(30)26-14-17-10-11-17)21-15-27(16(2)29)22-9-5-4-7-18(21)22/h4-5,7,9,13,15,17,19-20,25,28H,3,6,8,10-12,14H2,1-2H3,(H,26,30)/t19-,20+,25-/m0/s1. The van der Waals surface area contributed by atoms with E-state index in [0.717, 1.165) is 29.3 Å². The summed E-state index contributed by atoms with van der Waals surface area (Å²) in [5, 5.41) is 13.4. The van der Waals surface area contributed by atoms with Crippen molar-refractivity contribution in [3.63, 3.8) is 0 Å². The van der Waals surface area contributed by atoms with Gasteiger partial charge in [0, 0.05) is 50.1 Å². The highest BCUT2D eigenvalue weighted by molar-refractivity contribution is 5.95. The van der Waals surface area contributed by atoms with Crippen LogP contribution in [-0.2, 0) is 14.3 Å². The Morgan fingerprint density at radius 2 is 2.06 bits per heavy atom. The Hall–Kier alpha value is -2.64. The lowest BCUT2D eigenvalue weighted by Crippen LogP contribution is -2.39. The Morgan fingerprint density at radius 1 is 1.28 bits per heavy atom. The molecule has 0 unspecified atom stereocenters. The molecule has 1 aliphatic heterocycles. The van der Waals surface area contributed by atoms with E-state index in [1.807, 2.05) is 43.5 Å². The first-order chi connectivity index (χ1) is 15.5. The number of carbonyl (C=O) groups is 2. The zero-order chi connectivity index (χ0) is 22.7. The van der Waals surface area contributed by atoms with Crippen LogP contribution in [0.2, 0.25) is 0 Å². The van der Waals surface area contributed by atoms with Crippen LogP contribution in [0.15, 0.2) is 42.3 Å². The average molecular weight is 441 g/mol. The van der Waals surface area contributed by atoms with Crippen molar-refractivity contribution in [2.45, 2.75) is 51.7 Å². The largest absolute Gasteiger partial charge is 0.459 e. The van der Waals surface area contributed by atoms with Crippen molar-refractivity contribution in [1.29, 1.82) is 0 Å². The predicted octanol–water partition coefficient (Wildman–Crippen LogP) is 3.58. The number of amides is 1. The molecule has 0 bridgehead atoms. The van der Waals surface area contributed by atoms with Crippen LogP contribution in [0.3, 0.4) is 0 Å². The van der Waals surface area contributed by atoms with Gasteiger partial charge in [-0.3, -0.25) is 14.2 Å². The van der Waals surface area contributed by atoms with Crippen molar-refractivity contribution >= 4 is 22.7 Å². The van der Waals surface area contributed by atoms with Crippen LogP contribution < -0.4 is 5.32 Å². The second-order valence-electron chi connectivity index (χ2n) is 8.67. The van der Waals surface area contributed by atoms with Gasteiger partial charge in [-0.25, -0.2) is 0 Å². The first kappa shape index (κ1) is 22.6. The maximum absolute atomic E-state index is 12.9. The molecule has 1 aliphatic carbocycles. The quantitative estimate of drug-likeness (QED) is 0.622. The summed E-state index contributed by atoms with van der Waals surface area (Å²) in [5.41, 5.74) is 1.79. The Morgan fingerprint density at radius 3 is 2.75 bits per heavy atom. The van der Waals surface area contributed by atoms with Crippen LogP contribution in [0.25, 0.3) is 10.9 Å². The van der Waals surface area contributed by atoms with Crippen LogP contribution >= 0.6 is 0 Å². The molecule has 0 radical (unpaired) electrons. The fourth-order valence-corrected chi connectivity index (χ4v) is 4.50. The number of fused-ring (bicyclic) bond motifs is 1. The normalized spacial score (nSPS) is 23.0. The van der Waals surface area contributed by atoms with Crippen molar-refractivity contribution in [1.82, 2.24) is 9.88 Å². The third-order valence-electron chi connectivity index (χ3n) is 6.32. The molecule has 7 nitrogen and oxygen atoms in total. The molecule has 1 amide bonds. The van der Waals surface area contributed by atoms with Gasteiger partial charge in [0.2, 0.25) is 12.2 Å². The van der Waals surface area contributed by atoms with Gasteiger partial charge in [0.25, 0.3) is 5.91 Å². The minimum absolute atomic E-state index is 0.0652. The van der Waals surface area contributed by atoms with Crippen LogP contribution in [0, 0.1) is 11.8 Å². The third-order valence-corrected chi connectivity index (χ3v) is 6.32. The van der Waals surface area contributed by atoms with Gasteiger partial charge in [-0.05, 0) is 56.2 Å². The number of hydrogen-bond donors (Lipinski definition) is 2. The number of allylic oxidation sites excluding steroid dienone is 1. The van der Waals surface area contributed by atoms with Crippen LogP contribution in [0.5, 0.6) is 0 Å². The van der Waals surface area contributed by atoms with Crippen molar-refractivity contribution in [3.05, 3.63) is 47.9 Å². The zero-order valence-electron chi connectivity index (χ0n) is 18.8. The molecule has 1 saturated carbocycles. The van der Waals surface area contributed by atoms with Gasteiger partial charge in [-0.15, -0.1) is 0 Å². The summed E-state index contributed by atoms with van der Waals surface area (Å²) in [6.07, 6.45) is 6.69. The summed E-state index contributed by atoms with van der Waals surface area (Å²) in [7, 11) is 0. The lowest BCUT2D eigenvalue weighted by molar-refractivity contribution is -0.166. The molecule has 1 fully saturated rings. The van der Waals surface area contributed by atoms with E-state index in [2.05, 4.69) is 5.32 Å². The third kappa shape index (κ3) is 4.74. The number of nitrogens with one attached hydrogen (secondary N) is 1. The molecule has 4 rings (SSSR count). The predicted molar refractivity (Wildman–Crippen MR) is 121 cm³/mol. The summed E-state index contributed by atoms with van der Waals surface area (Å²) >= 11 is 0. The lowest BCUT2D eigenvalue weighted by atomic mass is 9.80. The van der Waals surface area contributed by atoms with E-state index < -0.39 is 6.29 Å². The number of ether oxygens (including phenoxy) is 2. The molecule has 1 aromatic carbocycles. The van der Waals surface area contributed by atoms with Gasteiger partial charge >= 0.3 is 0 Å². The van der Waals surface area contributed by atoms with Crippen molar-refractivity contribution in [2.24, 2.45) is 11.8 Å². The Kier molecular flexibility index (Phi) is 6.96. The van der Waals surface area contributed by atoms with Crippen LogP contribution in [-0.4, -0.2) is 47.5 Å². The molecule has 7 heteroatoms. The maximum Gasteiger partial charge on any atom is 0.286 e. The highest BCUT2D eigenvalue weighted by atomic mass is 16.7. The Balaban J connectivity index is 1.76. The van der Waals surface area contributed by atoms with Gasteiger partial charge < -0.3 is 19.9 Å². The molecule has 3 atom stereocenters. The van der Waals surface area contributed by atoms with E-state index >= 15 is 0 Å². The van der Waals surface area contributed by atoms with Gasteiger partial charge in [-0.2, -0.15) is 0 Å². The molecule has 32 heavy (non-hydrogen) atoms. The zero-order valence-corrected chi connectivity index (χ0v) is 18.8. The molecular formula is C25H32N2O5. The maximum atomic E-state index is 12.9. The second kappa shape index (κ2) is 9.88. The van der Waals surface area contributed by atoms with Gasteiger partial charge in [0.15, 0.2) is 5.76 Å².